The summed E-state index contributed by atoms with van der Waals surface area (Å²) in [6.45, 7) is 11.2. The average Bonchev–Trinajstić information content (AvgIpc) is 2.41. The zero-order valence-electron chi connectivity index (χ0n) is 14.9. The van der Waals surface area contributed by atoms with Gasteiger partial charge < -0.3 is 9.53 Å². The highest BCUT2D eigenvalue weighted by atomic mass is 28.4. The van der Waals surface area contributed by atoms with Gasteiger partial charge in [-0.2, -0.15) is 13.2 Å². The molecule has 2 atom stereocenters. The fourth-order valence-electron chi connectivity index (χ4n) is 1.91. The lowest BCUT2D eigenvalue weighted by Crippen LogP contribution is -2.47. The number of aliphatic hydroxyl groups excluding tert-OH is 1. The SMILES string of the molecule is CC(=O)[C@H](O[Si](C)(C)C(C)(C)C)[C@@H](O)c1ccc(C(F)(F)F)cc1. The Bertz CT molecular complexity index is 574. The van der Waals surface area contributed by atoms with Gasteiger partial charge in [0, 0.05) is 0 Å². The second-order valence-corrected chi connectivity index (χ2v) is 12.2. The lowest BCUT2D eigenvalue weighted by Gasteiger charge is -2.39. The molecule has 0 aliphatic carbocycles. The van der Waals surface area contributed by atoms with Crippen molar-refractivity contribution >= 4 is 14.1 Å². The van der Waals surface area contributed by atoms with Gasteiger partial charge in [0.25, 0.3) is 0 Å². The molecule has 136 valence electrons. The molecule has 1 aromatic rings. The number of alkyl halides is 3. The average molecular weight is 362 g/mol. The fraction of sp³-hybridized carbons (Fsp3) is 0.588. The van der Waals surface area contributed by atoms with E-state index in [0.29, 0.717) is 0 Å². The number of aliphatic hydroxyl groups is 1. The minimum atomic E-state index is -4.44. The predicted octanol–water partition coefficient (Wildman–Crippen LogP) is 4.72. The first kappa shape index (κ1) is 20.9. The Kier molecular flexibility index (Phi) is 6.06. The number of carbonyl (C=O) groups is 1. The van der Waals surface area contributed by atoms with Gasteiger partial charge >= 0.3 is 6.18 Å². The fourth-order valence-corrected chi connectivity index (χ4v) is 3.19. The molecule has 24 heavy (non-hydrogen) atoms. The minimum Gasteiger partial charge on any atom is -0.404 e. The Balaban J connectivity index is 3.07. The molecule has 0 bridgehead atoms. The maximum absolute atomic E-state index is 12.6. The minimum absolute atomic E-state index is 0.166. The van der Waals surface area contributed by atoms with Crippen LogP contribution in [0.1, 0.15) is 44.9 Å². The zero-order valence-corrected chi connectivity index (χ0v) is 15.9. The van der Waals surface area contributed by atoms with Gasteiger partial charge in [0.05, 0.1) is 5.56 Å². The van der Waals surface area contributed by atoms with Crippen molar-refractivity contribution in [3.8, 4) is 0 Å². The van der Waals surface area contributed by atoms with Crippen LogP contribution in [0.5, 0.6) is 0 Å². The molecular formula is C17H25F3O3Si. The summed E-state index contributed by atoms with van der Waals surface area (Å²) in [6.07, 6.45) is -6.84. The van der Waals surface area contributed by atoms with Gasteiger partial charge in [0.1, 0.15) is 12.2 Å². The van der Waals surface area contributed by atoms with Crippen molar-refractivity contribution < 1.29 is 27.5 Å². The summed E-state index contributed by atoms with van der Waals surface area (Å²) in [7, 11) is -2.33. The van der Waals surface area contributed by atoms with Crippen molar-refractivity contribution in [1.82, 2.24) is 0 Å². The van der Waals surface area contributed by atoms with Crippen LogP contribution in [0.2, 0.25) is 18.1 Å². The van der Waals surface area contributed by atoms with Crippen LogP contribution in [0.15, 0.2) is 24.3 Å². The van der Waals surface area contributed by atoms with Crippen molar-refractivity contribution in [2.24, 2.45) is 0 Å². The Morgan fingerprint density at radius 2 is 1.58 bits per heavy atom. The molecule has 0 saturated carbocycles. The third kappa shape index (κ3) is 4.91. The van der Waals surface area contributed by atoms with Crippen LogP contribution in [0.4, 0.5) is 13.2 Å². The van der Waals surface area contributed by atoms with E-state index in [4.69, 9.17) is 4.43 Å². The highest BCUT2D eigenvalue weighted by Gasteiger charge is 2.42. The number of halogens is 3. The van der Waals surface area contributed by atoms with Crippen LogP contribution in [0.3, 0.4) is 0 Å². The molecule has 0 spiro atoms. The monoisotopic (exact) mass is 362 g/mol. The maximum atomic E-state index is 12.6. The third-order valence-electron chi connectivity index (χ3n) is 4.49. The Morgan fingerprint density at radius 1 is 1.12 bits per heavy atom. The first-order valence-corrected chi connectivity index (χ1v) is 10.6. The number of rotatable bonds is 5. The summed E-state index contributed by atoms with van der Waals surface area (Å²) >= 11 is 0. The molecule has 0 radical (unpaired) electrons. The van der Waals surface area contributed by atoms with Gasteiger partial charge in [-0.15, -0.1) is 0 Å². The summed E-state index contributed by atoms with van der Waals surface area (Å²) < 4.78 is 43.9. The maximum Gasteiger partial charge on any atom is 0.416 e. The van der Waals surface area contributed by atoms with Crippen molar-refractivity contribution in [1.29, 1.82) is 0 Å². The molecule has 0 heterocycles. The first-order valence-electron chi connectivity index (χ1n) is 7.70. The summed E-state index contributed by atoms with van der Waals surface area (Å²) in [5.41, 5.74) is -0.579. The van der Waals surface area contributed by atoms with E-state index in [1.165, 1.54) is 19.1 Å². The van der Waals surface area contributed by atoms with E-state index >= 15 is 0 Å². The molecule has 1 aromatic carbocycles. The largest absolute Gasteiger partial charge is 0.416 e. The molecule has 0 unspecified atom stereocenters. The Labute approximate surface area is 142 Å². The zero-order chi connectivity index (χ0) is 18.9. The summed E-state index contributed by atoms with van der Waals surface area (Å²) in [5.74, 6) is -0.354. The van der Waals surface area contributed by atoms with Gasteiger partial charge in [0.2, 0.25) is 0 Å². The molecule has 0 saturated heterocycles. The van der Waals surface area contributed by atoms with E-state index in [9.17, 15) is 23.1 Å². The van der Waals surface area contributed by atoms with Crippen LogP contribution in [-0.4, -0.2) is 25.3 Å². The van der Waals surface area contributed by atoms with Crippen LogP contribution < -0.4 is 0 Å². The molecule has 7 heteroatoms. The number of hydrogen-bond acceptors (Lipinski definition) is 3. The van der Waals surface area contributed by atoms with Gasteiger partial charge in [0.15, 0.2) is 14.1 Å². The van der Waals surface area contributed by atoms with E-state index in [-0.39, 0.29) is 16.4 Å². The van der Waals surface area contributed by atoms with E-state index in [1.807, 2.05) is 33.9 Å². The lowest BCUT2D eigenvalue weighted by atomic mass is 10.0. The van der Waals surface area contributed by atoms with E-state index in [0.717, 1.165) is 12.1 Å². The standard InChI is InChI=1S/C17H25F3O3Si/c1-11(21)15(23-24(5,6)16(2,3)4)14(22)12-7-9-13(10-8-12)17(18,19)20/h7-10,14-15,22H,1-6H3/t14-,15-/m0/s1. The molecule has 1 N–H and O–H groups in total. The molecular weight excluding hydrogens is 337 g/mol. The number of hydrogen-bond donors (Lipinski definition) is 1. The van der Waals surface area contributed by atoms with Gasteiger partial charge in [-0.3, -0.25) is 4.79 Å². The molecule has 3 nitrogen and oxygen atoms in total. The van der Waals surface area contributed by atoms with Crippen LogP contribution in [-0.2, 0) is 15.4 Å². The summed E-state index contributed by atoms with van der Waals surface area (Å²) in [6, 6.07) is 4.14. The highest BCUT2D eigenvalue weighted by molar-refractivity contribution is 6.74. The van der Waals surface area contributed by atoms with Crippen molar-refractivity contribution in [2.75, 3.05) is 0 Å². The molecule has 0 aromatic heterocycles. The highest BCUT2D eigenvalue weighted by Crippen LogP contribution is 2.39. The van der Waals surface area contributed by atoms with Crippen LogP contribution in [0, 0.1) is 0 Å². The first-order chi connectivity index (χ1) is 10.7. The predicted molar refractivity (Wildman–Crippen MR) is 89.2 cm³/mol. The van der Waals surface area contributed by atoms with Crippen molar-refractivity contribution in [3.05, 3.63) is 35.4 Å². The number of Topliss-reactive ketones (excluding diaryl/α,β-unsaturated/α-hetero) is 1. The van der Waals surface area contributed by atoms with Crippen LogP contribution >= 0.6 is 0 Å². The molecule has 0 aliphatic rings. The van der Waals surface area contributed by atoms with Gasteiger partial charge in [-0.25, -0.2) is 0 Å². The van der Waals surface area contributed by atoms with E-state index in [2.05, 4.69) is 0 Å². The molecule has 0 fully saturated rings. The number of ketones is 1. The summed E-state index contributed by atoms with van der Waals surface area (Å²) in [4.78, 5) is 11.9. The topological polar surface area (TPSA) is 46.5 Å². The van der Waals surface area contributed by atoms with E-state index in [1.54, 1.807) is 0 Å². The second-order valence-electron chi connectivity index (χ2n) is 7.47. The van der Waals surface area contributed by atoms with E-state index < -0.39 is 32.3 Å². The van der Waals surface area contributed by atoms with Gasteiger partial charge in [-0.1, -0.05) is 32.9 Å². The Hall–Kier alpha value is -1.18. The lowest BCUT2D eigenvalue weighted by molar-refractivity contribution is -0.137. The molecule has 1 rings (SSSR count). The molecule has 0 aliphatic heterocycles. The quantitative estimate of drug-likeness (QED) is 0.771. The Morgan fingerprint density at radius 3 is 1.92 bits per heavy atom. The van der Waals surface area contributed by atoms with Gasteiger partial charge in [-0.05, 0) is 42.8 Å². The molecule has 0 amide bonds. The third-order valence-corrected chi connectivity index (χ3v) is 8.95. The van der Waals surface area contributed by atoms with Crippen molar-refractivity contribution in [2.45, 2.75) is 64.2 Å². The number of carbonyl (C=O) groups excluding carboxylic acids is 1. The van der Waals surface area contributed by atoms with Crippen molar-refractivity contribution in [3.63, 3.8) is 0 Å². The van der Waals surface area contributed by atoms with Crippen LogP contribution in [0.25, 0.3) is 0 Å². The second kappa shape index (κ2) is 6.97. The summed E-state index contributed by atoms with van der Waals surface area (Å²) in [5, 5.41) is 10.3. The normalized spacial score (nSPS) is 15.9. The number of benzene rings is 1. The smallest absolute Gasteiger partial charge is 0.404 e.